The lowest BCUT2D eigenvalue weighted by Crippen LogP contribution is -2.36. The first-order chi connectivity index (χ1) is 7.40. The topological polar surface area (TPSA) is 42.7 Å². The molecular formula is C11H19BrN4. The molecule has 0 spiro atoms. The van der Waals surface area contributed by atoms with Crippen molar-refractivity contribution in [2.24, 2.45) is 7.05 Å². The van der Waals surface area contributed by atoms with E-state index >= 15 is 0 Å². The summed E-state index contributed by atoms with van der Waals surface area (Å²) < 4.78 is 2.53. The summed E-state index contributed by atoms with van der Waals surface area (Å²) in [6.45, 7) is 7.47. The van der Waals surface area contributed by atoms with E-state index in [0.717, 1.165) is 23.3 Å². The maximum atomic E-state index is 3.92. The molecule has 0 amide bonds. The van der Waals surface area contributed by atoms with Crippen molar-refractivity contribution in [1.29, 1.82) is 0 Å². The van der Waals surface area contributed by atoms with Crippen LogP contribution in [0.4, 0.5) is 0 Å². The summed E-state index contributed by atoms with van der Waals surface area (Å²) in [6.07, 6.45) is 5.16. The van der Waals surface area contributed by atoms with Crippen LogP contribution in [0, 0.1) is 0 Å². The maximum absolute atomic E-state index is 3.92. The summed E-state index contributed by atoms with van der Waals surface area (Å²) in [5, 5.41) is 11.3. The average molecular weight is 287 g/mol. The zero-order valence-electron chi connectivity index (χ0n) is 10.3. The molecule has 0 unspecified atom stereocenters. The van der Waals surface area contributed by atoms with E-state index in [2.05, 4.69) is 58.4 Å². The van der Waals surface area contributed by atoms with Crippen molar-refractivity contribution in [3.63, 3.8) is 0 Å². The molecule has 1 rings (SSSR count). The second-order valence-corrected chi connectivity index (χ2v) is 5.51. The molecule has 4 nitrogen and oxygen atoms in total. The molecule has 5 heteroatoms. The lowest BCUT2D eigenvalue weighted by Gasteiger charge is -2.19. The van der Waals surface area contributed by atoms with E-state index in [0.29, 0.717) is 0 Å². The van der Waals surface area contributed by atoms with Crippen LogP contribution >= 0.6 is 15.9 Å². The number of hydrogen-bond acceptors (Lipinski definition) is 3. The van der Waals surface area contributed by atoms with Gasteiger partial charge in [0.15, 0.2) is 4.60 Å². The van der Waals surface area contributed by atoms with E-state index in [1.54, 1.807) is 4.68 Å². The third-order valence-electron chi connectivity index (χ3n) is 2.07. The predicted molar refractivity (Wildman–Crippen MR) is 70.1 cm³/mol. The van der Waals surface area contributed by atoms with E-state index in [1.165, 1.54) is 0 Å². The third-order valence-corrected chi connectivity index (χ3v) is 2.63. The first-order valence-electron chi connectivity index (χ1n) is 5.37. The zero-order valence-corrected chi connectivity index (χ0v) is 11.9. The van der Waals surface area contributed by atoms with Crippen molar-refractivity contribution in [2.45, 2.75) is 32.7 Å². The normalized spacial score (nSPS) is 12.6. The molecule has 0 saturated carbocycles. The first-order valence-corrected chi connectivity index (χ1v) is 6.16. The van der Waals surface area contributed by atoms with E-state index < -0.39 is 0 Å². The Morgan fingerprint density at radius 1 is 1.44 bits per heavy atom. The second kappa shape index (κ2) is 5.59. The largest absolute Gasteiger partial charge is 0.312 e. The molecule has 0 atom stereocenters. The molecule has 1 aromatic heterocycles. The van der Waals surface area contributed by atoms with Crippen LogP contribution in [0.2, 0.25) is 0 Å². The van der Waals surface area contributed by atoms with Crippen LogP contribution in [0.25, 0.3) is 6.08 Å². The van der Waals surface area contributed by atoms with E-state index in [1.807, 2.05) is 13.1 Å². The van der Waals surface area contributed by atoms with Crippen LogP contribution in [-0.2, 0) is 7.05 Å². The minimum absolute atomic E-state index is 0.183. The summed E-state index contributed by atoms with van der Waals surface area (Å²) in [5.74, 6) is 0. The summed E-state index contributed by atoms with van der Waals surface area (Å²) in [6, 6.07) is 0. The maximum Gasteiger partial charge on any atom is 0.155 e. The quantitative estimate of drug-likeness (QED) is 0.865. The molecule has 0 fully saturated rings. The molecule has 1 heterocycles. The lowest BCUT2D eigenvalue weighted by molar-refractivity contribution is 0.431. The van der Waals surface area contributed by atoms with Gasteiger partial charge in [-0.25, -0.2) is 4.68 Å². The predicted octanol–water partition coefficient (Wildman–Crippen LogP) is 2.37. The highest BCUT2D eigenvalue weighted by Gasteiger charge is 2.06. The molecule has 90 valence electrons. The van der Waals surface area contributed by atoms with Crippen LogP contribution in [0.5, 0.6) is 0 Å². The van der Waals surface area contributed by atoms with Gasteiger partial charge in [0, 0.05) is 12.6 Å². The van der Waals surface area contributed by atoms with Crippen molar-refractivity contribution in [2.75, 3.05) is 6.54 Å². The number of hydrogen-bond donors (Lipinski definition) is 1. The fourth-order valence-electron chi connectivity index (χ4n) is 1.24. The standard InChI is InChI=1S/C11H19BrN4/c1-11(2,3)13-8-6-5-7-9-10(12)14-15-16(9)4/h5,7,13H,6,8H2,1-4H3/b7-5+. The number of halogens is 1. The smallest absolute Gasteiger partial charge is 0.155 e. The van der Waals surface area contributed by atoms with Crippen molar-refractivity contribution in [3.05, 3.63) is 16.4 Å². The van der Waals surface area contributed by atoms with Crippen LogP contribution in [0.15, 0.2) is 10.7 Å². The van der Waals surface area contributed by atoms with Crippen molar-refractivity contribution < 1.29 is 0 Å². The molecule has 1 N–H and O–H groups in total. The van der Waals surface area contributed by atoms with Crippen molar-refractivity contribution in [1.82, 2.24) is 20.3 Å². The molecule has 0 aliphatic rings. The Kier molecular flexibility index (Phi) is 4.68. The highest BCUT2D eigenvalue weighted by atomic mass is 79.9. The van der Waals surface area contributed by atoms with Gasteiger partial charge in [-0.2, -0.15) is 0 Å². The molecule has 0 radical (unpaired) electrons. The van der Waals surface area contributed by atoms with Gasteiger partial charge in [-0.15, -0.1) is 5.10 Å². The Labute approximate surface area is 105 Å². The monoisotopic (exact) mass is 286 g/mol. The summed E-state index contributed by atoms with van der Waals surface area (Å²) in [5.41, 5.74) is 1.18. The minimum atomic E-state index is 0.183. The van der Waals surface area contributed by atoms with Crippen LogP contribution < -0.4 is 5.32 Å². The molecule has 0 saturated heterocycles. The Bertz CT molecular complexity index is 343. The van der Waals surface area contributed by atoms with E-state index in [9.17, 15) is 0 Å². The summed E-state index contributed by atoms with van der Waals surface area (Å²) in [4.78, 5) is 0. The third kappa shape index (κ3) is 4.45. The number of aryl methyl sites for hydroxylation is 1. The average Bonchev–Trinajstić information content (AvgIpc) is 2.46. The highest BCUT2D eigenvalue weighted by molar-refractivity contribution is 9.10. The van der Waals surface area contributed by atoms with Crippen LogP contribution in [-0.4, -0.2) is 27.1 Å². The Balaban J connectivity index is 2.39. The number of nitrogens with one attached hydrogen (secondary N) is 1. The first kappa shape index (κ1) is 13.4. The fourth-order valence-corrected chi connectivity index (χ4v) is 1.70. The molecule has 0 bridgehead atoms. The number of rotatable bonds is 4. The van der Waals surface area contributed by atoms with Gasteiger partial charge in [0.05, 0.1) is 5.69 Å². The molecule has 0 aliphatic heterocycles. The molecule has 0 aliphatic carbocycles. The van der Waals surface area contributed by atoms with Crippen LogP contribution in [0.3, 0.4) is 0 Å². The Morgan fingerprint density at radius 2 is 2.12 bits per heavy atom. The molecule has 1 aromatic rings. The fraction of sp³-hybridized carbons (Fsp3) is 0.636. The minimum Gasteiger partial charge on any atom is -0.312 e. The molecule has 16 heavy (non-hydrogen) atoms. The van der Waals surface area contributed by atoms with Crippen molar-refractivity contribution >= 4 is 22.0 Å². The van der Waals surface area contributed by atoms with Gasteiger partial charge < -0.3 is 5.32 Å². The zero-order chi connectivity index (χ0) is 12.2. The second-order valence-electron chi connectivity index (χ2n) is 4.76. The molecular weight excluding hydrogens is 268 g/mol. The van der Waals surface area contributed by atoms with E-state index in [-0.39, 0.29) is 5.54 Å². The highest BCUT2D eigenvalue weighted by Crippen LogP contribution is 2.13. The summed E-state index contributed by atoms with van der Waals surface area (Å²) in [7, 11) is 1.88. The van der Waals surface area contributed by atoms with Crippen molar-refractivity contribution in [3.8, 4) is 0 Å². The van der Waals surface area contributed by atoms with Gasteiger partial charge >= 0.3 is 0 Å². The number of nitrogens with zero attached hydrogens (tertiary/aromatic N) is 3. The van der Waals surface area contributed by atoms with E-state index in [4.69, 9.17) is 0 Å². The van der Waals surface area contributed by atoms with Gasteiger partial charge in [-0.05, 0) is 55.7 Å². The SMILES string of the molecule is Cn1nnc(Br)c1/C=C/CCNC(C)(C)C. The number of aromatic nitrogens is 3. The van der Waals surface area contributed by atoms with Crippen LogP contribution in [0.1, 0.15) is 32.9 Å². The van der Waals surface area contributed by atoms with Gasteiger partial charge in [0.2, 0.25) is 0 Å². The Morgan fingerprint density at radius 3 is 2.62 bits per heavy atom. The summed E-state index contributed by atoms with van der Waals surface area (Å²) >= 11 is 3.36. The van der Waals surface area contributed by atoms with Gasteiger partial charge in [-0.1, -0.05) is 11.3 Å². The lowest BCUT2D eigenvalue weighted by atomic mass is 10.1. The van der Waals surface area contributed by atoms with Gasteiger partial charge in [0.25, 0.3) is 0 Å². The van der Waals surface area contributed by atoms with Gasteiger partial charge in [0.1, 0.15) is 0 Å². The van der Waals surface area contributed by atoms with Gasteiger partial charge in [-0.3, -0.25) is 0 Å². The molecule has 0 aromatic carbocycles. The Hall–Kier alpha value is -0.680.